The van der Waals surface area contributed by atoms with E-state index in [0.717, 1.165) is 10.4 Å². The molecule has 0 fully saturated rings. The van der Waals surface area contributed by atoms with Crippen molar-refractivity contribution in [2.45, 2.75) is 33.5 Å². The van der Waals surface area contributed by atoms with Gasteiger partial charge in [0, 0.05) is 4.88 Å². The maximum Gasteiger partial charge on any atom is 0.338 e. The molecule has 2 aromatic heterocycles. The van der Waals surface area contributed by atoms with Gasteiger partial charge < -0.3 is 14.8 Å². The van der Waals surface area contributed by atoms with Crippen molar-refractivity contribution in [2.24, 2.45) is 0 Å². The number of aliphatic hydroxyl groups is 1. The summed E-state index contributed by atoms with van der Waals surface area (Å²) in [5, 5.41) is 9.63. The van der Waals surface area contributed by atoms with Crippen molar-refractivity contribution in [3.8, 4) is 0 Å². The Hall–Kier alpha value is -2.51. The van der Waals surface area contributed by atoms with E-state index in [4.69, 9.17) is 9.84 Å². The Labute approximate surface area is 148 Å². The number of thiophene rings is 1. The average molecular weight is 358 g/mol. The molecule has 7 heteroatoms. The lowest BCUT2D eigenvalue weighted by atomic mass is 10.1. The molecule has 0 aliphatic rings. The van der Waals surface area contributed by atoms with Crippen LogP contribution in [0.1, 0.15) is 45.2 Å². The van der Waals surface area contributed by atoms with E-state index in [1.807, 2.05) is 13.8 Å². The van der Waals surface area contributed by atoms with Crippen molar-refractivity contribution in [3.05, 3.63) is 62.0 Å². The minimum Gasteiger partial charge on any atom is -0.451 e. The standard InChI is InChI=1S/C18H18N2O4S/c1-9-11(3)25-17-14(9)16(22)19-15(20-17)10(2)24-18(23)13-6-4-12(8-21)5-7-13/h4-7,10,21H,8H2,1-3H3,(H,19,20,22)/t10-/m0/s1. The van der Waals surface area contributed by atoms with Gasteiger partial charge in [-0.15, -0.1) is 11.3 Å². The van der Waals surface area contributed by atoms with Crippen LogP contribution in [0.25, 0.3) is 10.2 Å². The summed E-state index contributed by atoms with van der Waals surface area (Å²) in [7, 11) is 0. The highest BCUT2D eigenvalue weighted by molar-refractivity contribution is 7.18. The average Bonchev–Trinajstić information content (AvgIpc) is 2.89. The van der Waals surface area contributed by atoms with E-state index < -0.39 is 12.1 Å². The van der Waals surface area contributed by atoms with Crippen molar-refractivity contribution < 1.29 is 14.6 Å². The summed E-state index contributed by atoms with van der Waals surface area (Å²) in [6.07, 6.45) is -0.690. The fourth-order valence-electron chi connectivity index (χ4n) is 2.49. The van der Waals surface area contributed by atoms with Gasteiger partial charge in [0.15, 0.2) is 11.9 Å². The molecular formula is C18H18N2O4S. The van der Waals surface area contributed by atoms with Crippen LogP contribution >= 0.6 is 11.3 Å². The number of ether oxygens (including phenoxy) is 1. The first kappa shape index (κ1) is 17.3. The first-order valence-electron chi connectivity index (χ1n) is 7.81. The van der Waals surface area contributed by atoms with Crippen LogP contribution < -0.4 is 5.56 Å². The highest BCUT2D eigenvalue weighted by Gasteiger charge is 2.19. The Morgan fingerprint density at radius 2 is 2.00 bits per heavy atom. The van der Waals surface area contributed by atoms with Crippen LogP contribution in [0.2, 0.25) is 0 Å². The Kier molecular flexibility index (Phi) is 4.69. The predicted octanol–water partition coefficient (Wildman–Crippen LogP) is 3.01. The summed E-state index contributed by atoms with van der Waals surface area (Å²) >= 11 is 1.45. The lowest BCUT2D eigenvalue weighted by Gasteiger charge is -2.12. The van der Waals surface area contributed by atoms with Gasteiger partial charge in [0.25, 0.3) is 5.56 Å². The predicted molar refractivity (Wildman–Crippen MR) is 95.9 cm³/mol. The van der Waals surface area contributed by atoms with Crippen LogP contribution in [0.3, 0.4) is 0 Å². The van der Waals surface area contributed by atoms with E-state index in [2.05, 4.69) is 9.97 Å². The topological polar surface area (TPSA) is 92.3 Å². The third kappa shape index (κ3) is 3.33. The van der Waals surface area contributed by atoms with Crippen LogP contribution in [0, 0.1) is 13.8 Å². The largest absolute Gasteiger partial charge is 0.451 e. The van der Waals surface area contributed by atoms with Crippen molar-refractivity contribution in [1.29, 1.82) is 0 Å². The number of aliphatic hydroxyl groups excluding tert-OH is 1. The molecule has 6 nitrogen and oxygen atoms in total. The second-order valence-corrected chi connectivity index (χ2v) is 7.02. The number of esters is 1. The number of fused-ring (bicyclic) bond motifs is 1. The van der Waals surface area contributed by atoms with E-state index in [1.54, 1.807) is 31.2 Å². The van der Waals surface area contributed by atoms with E-state index in [1.165, 1.54) is 11.3 Å². The molecule has 3 aromatic rings. The van der Waals surface area contributed by atoms with Crippen molar-refractivity contribution in [2.75, 3.05) is 0 Å². The number of hydrogen-bond acceptors (Lipinski definition) is 6. The SMILES string of the molecule is Cc1sc2nc([C@H](C)OC(=O)c3ccc(CO)cc3)[nH]c(=O)c2c1C. The van der Waals surface area contributed by atoms with E-state index in [9.17, 15) is 9.59 Å². The molecule has 0 saturated heterocycles. The number of aryl methyl sites for hydroxylation is 2. The molecular weight excluding hydrogens is 340 g/mol. The lowest BCUT2D eigenvalue weighted by molar-refractivity contribution is 0.0320. The summed E-state index contributed by atoms with van der Waals surface area (Å²) in [5.74, 6) is -0.197. The lowest BCUT2D eigenvalue weighted by Crippen LogP contribution is -2.17. The molecule has 0 radical (unpaired) electrons. The Bertz CT molecular complexity index is 989. The highest BCUT2D eigenvalue weighted by Crippen LogP contribution is 2.27. The molecule has 130 valence electrons. The summed E-state index contributed by atoms with van der Waals surface area (Å²) in [4.78, 5) is 33.4. The third-order valence-electron chi connectivity index (χ3n) is 4.10. The van der Waals surface area contributed by atoms with Gasteiger partial charge in [-0.3, -0.25) is 4.79 Å². The Morgan fingerprint density at radius 1 is 1.32 bits per heavy atom. The number of H-pyrrole nitrogens is 1. The number of nitrogens with zero attached hydrogens (tertiary/aromatic N) is 1. The van der Waals surface area contributed by atoms with Gasteiger partial charge in [0.05, 0.1) is 17.6 Å². The number of carbonyl (C=O) groups excluding carboxylic acids is 1. The van der Waals surface area contributed by atoms with Gasteiger partial charge in [0.2, 0.25) is 0 Å². The molecule has 0 aliphatic carbocycles. The van der Waals surface area contributed by atoms with E-state index in [-0.39, 0.29) is 12.2 Å². The normalized spacial score (nSPS) is 12.3. The summed E-state index contributed by atoms with van der Waals surface area (Å²) < 4.78 is 5.41. The number of aromatic nitrogens is 2. The van der Waals surface area contributed by atoms with Gasteiger partial charge >= 0.3 is 5.97 Å². The number of hydrogen-bond donors (Lipinski definition) is 2. The molecule has 25 heavy (non-hydrogen) atoms. The number of benzene rings is 1. The van der Waals surface area contributed by atoms with Gasteiger partial charge in [-0.25, -0.2) is 9.78 Å². The van der Waals surface area contributed by atoms with Crippen molar-refractivity contribution >= 4 is 27.5 Å². The first-order chi connectivity index (χ1) is 11.9. The van der Waals surface area contributed by atoms with Crippen LogP contribution in [0.15, 0.2) is 29.1 Å². The molecule has 3 rings (SSSR count). The second kappa shape index (κ2) is 6.78. The van der Waals surface area contributed by atoms with Gasteiger partial charge in [-0.2, -0.15) is 0 Å². The molecule has 0 bridgehead atoms. The molecule has 0 unspecified atom stereocenters. The third-order valence-corrected chi connectivity index (χ3v) is 5.20. The molecule has 0 aliphatic heterocycles. The second-order valence-electron chi connectivity index (χ2n) is 5.82. The number of carbonyl (C=O) groups is 1. The van der Waals surface area contributed by atoms with Crippen molar-refractivity contribution in [1.82, 2.24) is 9.97 Å². The summed E-state index contributed by atoms with van der Waals surface area (Å²) in [6.45, 7) is 5.42. The maximum atomic E-state index is 12.3. The summed E-state index contributed by atoms with van der Waals surface area (Å²) in [6, 6.07) is 6.49. The van der Waals surface area contributed by atoms with Gasteiger partial charge in [-0.1, -0.05) is 12.1 Å². The van der Waals surface area contributed by atoms with Gasteiger partial charge in [0.1, 0.15) is 4.83 Å². The van der Waals surface area contributed by atoms with Crippen molar-refractivity contribution in [3.63, 3.8) is 0 Å². The molecule has 0 amide bonds. The highest BCUT2D eigenvalue weighted by atomic mass is 32.1. The quantitative estimate of drug-likeness (QED) is 0.700. The zero-order chi connectivity index (χ0) is 18.1. The zero-order valence-electron chi connectivity index (χ0n) is 14.1. The molecule has 2 heterocycles. The fraction of sp³-hybridized carbons (Fsp3) is 0.278. The smallest absolute Gasteiger partial charge is 0.338 e. The minimum absolute atomic E-state index is 0.0868. The maximum absolute atomic E-state index is 12.3. The van der Waals surface area contributed by atoms with Crippen LogP contribution in [0.5, 0.6) is 0 Å². The Balaban J connectivity index is 1.85. The van der Waals surface area contributed by atoms with Crippen LogP contribution in [-0.2, 0) is 11.3 Å². The van der Waals surface area contributed by atoms with Gasteiger partial charge in [-0.05, 0) is 44.0 Å². The number of nitrogens with one attached hydrogen (secondary N) is 1. The Morgan fingerprint density at radius 3 is 2.64 bits per heavy atom. The number of aromatic amines is 1. The minimum atomic E-state index is -0.690. The number of rotatable bonds is 4. The zero-order valence-corrected chi connectivity index (χ0v) is 14.9. The molecule has 0 spiro atoms. The molecule has 2 N–H and O–H groups in total. The molecule has 1 atom stereocenters. The first-order valence-corrected chi connectivity index (χ1v) is 8.63. The fourth-order valence-corrected chi connectivity index (χ4v) is 3.53. The van der Waals surface area contributed by atoms with Crippen LogP contribution in [-0.4, -0.2) is 21.0 Å². The molecule has 0 saturated carbocycles. The van der Waals surface area contributed by atoms with E-state index >= 15 is 0 Å². The molecule has 1 aromatic carbocycles. The summed E-state index contributed by atoms with van der Waals surface area (Å²) in [5.41, 5.74) is 1.78. The van der Waals surface area contributed by atoms with Crippen LogP contribution in [0.4, 0.5) is 0 Å². The monoisotopic (exact) mass is 358 g/mol. The van der Waals surface area contributed by atoms with E-state index in [0.29, 0.717) is 27.2 Å².